The average Bonchev–Trinajstić information content (AvgIpc) is 3.07. The van der Waals surface area contributed by atoms with E-state index in [1.165, 1.54) is 18.4 Å². The molecule has 3 heteroatoms. The van der Waals surface area contributed by atoms with E-state index in [1.54, 1.807) is 0 Å². The number of furan rings is 1. The second-order valence-electron chi connectivity index (χ2n) is 4.77. The Morgan fingerprint density at radius 3 is 2.94 bits per heavy atom. The van der Waals surface area contributed by atoms with Crippen LogP contribution < -0.4 is 5.32 Å². The monoisotopic (exact) mass is 234 g/mol. The molecular weight excluding hydrogens is 212 g/mol. The molecule has 94 valence electrons. The molecule has 0 amide bonds. The topological polar surface area (TPSA) is 28.4 Å². The van der Waals surface area contributed by atoms with Crippen molar-refractivity contribution < 1.29 is 4.42 Å². The predicted octanol–water partition coefficient (Wildman–Crippen LogP) is 2.46. The molecule has 1 fully saturated rings. The van der Waals surface area contributed by atoms with Crippen LogP contribution in [0, 0.1) is 6.92 Å². The highest BCUT2D eigenvalue weighted by atomic mass is 16.3. The highest BCUT2D eigenvalue weighted by molar-refractivity contribution is 5.20. The Hall–Kier alpha value is -1.06. The second kappa shape index (κ2) is 5.52. The first-order valence-electron chi connectivity index (χ1n) is 6.32. The molecule has 1 aromatic heterocycles. The van der Waals surface area contributed by atoms with Gasteiger partial charge in [-0.2, -0.15) is 0 Å². The van der Waals surface area contributed by atoms with Gasteiger partial charge >= 0.3 is 0 Å². The number of hydrogen-bond donors (Lipinski definition) is 1. The summed E-state index contributed by atoms with van der Waals surface area (Å²) >= 11 is 0. The molecule has 0 aliphatic heterocycles. The van der Waals surface area contributed by atoms with E-state index in [2.05, 4.69) is 22.9 Å². The third-order valence-corrected chi connectivity index (χ3v) is 3.22. The second-order valence-corrected chi connectivity index (χ2v) is 4.77. The lowest BCUT2D eigenvalue weighted by atomic mass is 10.2. The normalized spacial score (nSPS) is 15.5. The van der Waals surface area contributed by atoms with Crippen LogP contribution in [-0.4, -0.2) is 24.5 Å². The number of nitrogens with zero attached hydrogens (tertiary/aromatic N) is 1. The summed E-state index contributed by atoms with van der Waals surface area (Å²) in [6.45, 7) is 8.58. The van der Waals surface area contributed by atoms with Crippen LogP contribution in [0.5, 0.6) is 0 Å². The van der Waals surface area contributed by atoms with Crippen molar-refractivity contribution in [2.24, 2.45) is 0 Å². The summed E-state index contributed by atoms with van der Waals surface area (Å²) < 4.78 is 5.81. The summed E-state index contributed by atoms with van der Waals surface area (Å²) in [6.07, 6.45) is 4.61. The van der Waals surface area contributed by atoms with Gasteiger partial charge in [-0.1, -0.05) is 6.08 Å². The number of hydrogen-bond acceptors (Lipinski definition) is 3. The predicted molar refractivity (Wildman–Crippen MR) is 69.8 cm³/mol. The first-order valence-corrected chi connectivity index (χ1v) is 6.32. The van der Waals surface area contributed by atoms with E-state index >= 15 is 0 Å². The van der Waals surface area contributed by atoms with Crippen molar-refractivity contribution in [1.82, 2.24) is 10.2 Å². The maximum atomic E-state index is 5.81. The van der Waals surface area contributed by atoms with E-state index in [4.69, 9.17) is 4.42 Å². The van der Waals surface area contributed by atoms with E-state index in [-0.39, 0.29) is 0 Å². The Balaban J connectivity index is 2.00. The van der Waals surface area contributed by atoms with Crippen LogP contribution in [0.3, 0.4) is 0 Å². The van der Waals surface area contributed by atoms with Gasteiger partial charge in [-0.05, 0) is 32.9 Å². The molecule has 0 unspecified atom stereocenters. The van der Waals surface area contributed by atoms with Crippen LogP contribution in [0.1, 0.15) is 29.9 Å². The summed E-state index contributed by atoms with van der Waals surface area (Å²) in [7, 11) is 1.96. The molecule has 1 N–H and O–H groups in total. The maximum absolute atomic E-state index is 5.81. The van der Waals surface area contributed by atoms with Gasteiger partial charge in [0.2, 0.25) is 0 Å². The summed E-state index contributed by atoms with van der Waals surface area (Å²) in [5.41, 5.74) is 1.26. The van der Waals surface area contributed by atoms with Crippen LogP contribution in [0.4, 0.5) is 0 Å². The fourth-order valence-electron chi connectivity index (χ4n) is 2.18. The lowest BCUT2D eigenvalue weighted by Gasteiger charge is -2.18. The molecule has 0 radical (unpaired) electrons. The van der Waals surface area contributed by atoms with Gasteiger partial charge in [0.05, 0.1) is 6.54 Å². The Bertz CT molecular complexity index is 380. The zero-order valence-electron chi connectivity index (χ0n) is 10.8. The van der Waals surface area contributed by atoms with Crippen molar-refractivity contribution in [3.8, 4) is 0 Å². The third kappa shape index (κ3) is 3.20. The third-order valence-electron chi connectivity index (χ3n) is 3.22. The Morgan fingerprint density at radius 1 is 1.59 bits per heavy atom. The van der Waals surface area contributed by atoms with Crippen molar-refractivity contribution >= 4 is 0 Å². The van der Waals surface area contributed by atoms with E-state index in [9.17, 15) is 0 Å². The largest absolute Gasteiger partial charge is 0.465 e. The zero-order chi connectivity index (χ0) is 12.3. The van der Waals surface area contributed by atoms with Gasteiger partial charge in [0.25, 0.3) is 0 Å². The fourth-order valence-corrected chi connectivity index (χ4v) is 2.18. The maximum Gasteiger partial charge on any atom is 0.118 e. The molecule has 1 aromatic rings. The fraction of sp³-hybridized carbons (Fsp3) is 0.571. The molecule has 2 rings (SSSR count). The Morgan fingerprint density at radius 2 is 2.35 bits per heavy atom. The van der Waals surface area contributed by atoms with E-state index in [1.807, 2.05) is 20.0 Å². The lowest BCUT2D eigenvalue weighted by Crippen LogP contribution is -2.25. The van der Waals surface area contributed by atoms with Gasteiger partial charge in [0.1, 0.15) is 11.5 Å². The Labute approximate surface area is 103 Å². The summed E-state index contributed by atoms with van der Waals surface area (Å²) in [5.74, 6) is 2.10. The minimum Gasteiger partial charge on any atom is -0.465 e. The summed E-state index contributed by atoms with van der Waals surface area (Å²) in [5, 5.41) is 3.16. The van der Waals surface area contributed by atoms with Gasteiger partial charge in [0, 0.05) is 24.7 Å². The van der Waals surface area contributed by atoms with E-state index < -0.39 is 0 Å². The van der Waals surface area contributed by atoms with Crippen molar-refractivity contribution in [2.45, 2.75) is 38.9 Å². The van der Waals surface area contributed by atoms with Gasteiger partial charge in [-0.25, -0.2) is 0 Å². The molecule has 0 bridgehead atoms. The van der Waals surface area contributed by atoms with E-state index in [0.717, 1.165) is 37.2 Å². The molecule has 0 atom stereocenters. The first kappa shape index (κ1) is 12.4. The molecule has 3 nitrogen and oxygen atoms in total. The van der Waals surface area contributed by atoms with Gasteiger partial charge in [0.15, 0.2) is 0 Å². The molecule has 0 aromatic carbocycles. The molecule has 1 saturated carbocycles. The van der Waals surface area contributed by atoms with Gasteiger partial charge in [-0.15, -0.1) is 6.58 Å². The van der Waals surface area contributed by atoms with Crippen LogP contribution in [0.2, 0.25) is 0 Å². The van der Waals surface area contributed by atoms with Crippen LogP contribution in [-0.2, 0) is 13.1 Å². The quantitative estimate of drug-likeness (QED) is 0.735. The SMILES string of the molecule is C=CCN(Cc1cc(CNC)c(C)o1)C1CC1. The van der Waals surface area contributed by atoms with Crippen LogP contribution >= 0.6 is 0 Å². The first-order chi connectivity index (χ1) is 8.24. The van der Waals surface area contributed by atoms with Crippen molar-refractivity contribution in [3.63, 3.8) is 0 Å². The zero-order valence-corrected chi connectivity index (χ0v) is 10.8. The molecule has 1 aliphatic rings. The van der Waals surface area contributed by atoms with Gasteiger partial charge in [-0.3, -0.25) is 4.90 Å². The molecule has 0 spiro atoms. The van der Waals surface area contributed by atoms with Crippen LogP contribution in [0.25, 0.3) is 0 Å². The molecule has 0 saturated heterocycles. The lowest BCUT2D eigenvalue weighted by molar-refractivity contribution is 0.256. The highest BCUT2D eigenvalue weighted by Crippen LogP contribution is 2.28. The molecule has 1 aliphatic carbocycles. The minimum atomic E-state index is 0.742. The van der Waals surface area contributed by atoms with E-state index in [0.29, 0.717) is 0 Å². The molecular formula is C14H22N2O. The minimum absolute atomic E-state index is 0.742. The van der Waals surface area contributed by atoms with Crippen molar-refractivity contribution in [2.75, 3.05) is 13.6 Å². The summed E-state index contributed by atoms with van der Waals surface area (Å²) in [6, 6.07) is 2.91. The van der Waals surface area contributed by atoms with Gasteiger partial charge < -0.3 is 9.73 Å². The number of nitrogens with one attached hydrogen (secondary N) is 1. The van der Waals surface area contributed by atoms with Crippen molar-refractivity contribution in [1.29, 1.82) is 0 Å². The Kier molecular flexibility index (Phi) is 4.02. The number of rotatable bonds is 7. The number of aryl methyl sites for hydroxylation is 1. The molecule has 1 heterocycles. The summed E-state index contributed by atoms with van der Waals surface area (Å²) in [4.78, 5) is 2.44. The van der Waals surface area contributed by atoms with Crippen molar-refractivity contribution in [3.05, 3.63) is 35.8 Å². The standard InChI is InChI=1S/C14H22N2O/c1-4-7-16(13-5-6-13)10-14-8-12(9-15-3)11(2)17-14/h4,8,13,15H,1,5-7,9-10H2,2-3H3. The molecule has 17 heavy (non-hydrogen) atoms. The highest BCUT2D eigenvalue weighted by Gasteiger charge is 2.28. The smallest absolute Gasteiger partial charge is 0.118 e. The van der Waals surface area contributed by atoms with Crippen LogP contribution in [0.15, 0.2) is 23.1 Å². The average molecular weight is 234 g/mol.